The van der Waals surface area contributed by atoms with Crippen LogP contribution in [0, 0.1) is 11.3 Å². The molecule has 1 heterocycles. The van der Waals surface area contributed by atoms with Gasteiger partial charge >= 0.3 is 0 Å². The number of carbonyl (C=O) groups is 1. The zero-order valence-electron chi connectivity index (χ0n) is 11.6. The molecule has 0 aliphatic carbocycles. The summed E-state index contributed by atoms with van der Waals surface area (Å²) >= 11 is 0. The van der Waals surface area contributed by atoms with Crippen LogP contribution in [0.1, 0.15) is 19.4 Å². The summed E-state index contributed by atoms with van der Waals surface area (Å²) < 4.78 is 0. The average molecular weight is 283 g/mol. The molecule has 1 amide bonds. The van der Waals surface area contributed by atoms with Crippen LogP contribution in [0.25, 0.3) is 0 Å². The van der Waals surface area contributed by atoms with Crippen LogP contribution in [0.15, 0.2) is 30.3 Å². The predicted octanol–water partition coefficient (Wildman–Crippen LogP) is 2.01. The molecule has 3 nitrogen and oxygen atoms in total. The fourth-order valence-corrected chi connectivity index (χ4v) is 2.16. The van der Waals surface area contributed by atoms with Crippen molar-refractivity contribution in [2.24, 2.45) is 11.3 Å². The molecule has 19 heavy (non-hydrogen) atoms. The Morgan fingerprint density at radius 2 is 1.95 bits per heavy atom. The van der Waals surface area contributed by atoms with Crippen LogP contribution >= 0.6 is 12.4 Å². The third kappa shape index (κ3) is 4.84. The van der Waals surface area contributed by atoms with Gasteiger partial charge in [-0.1, -0.05) is 44.2 Å². The first-order chi connectivity index (χ1) is 8.57. The van der Waals surface area contributed by atoms with E-state index in [-0.39, 0.29) is 29.6 Å². The summed E-state index contributed by atoms with van der Waals surface area (Å²) in [4.78, 5) is 11.8. The molecular formula is C15H23ClN2O. The smallest absolute Gasteiger partial charge is 0.225 e. The summed E-state index contributed by atoms with van der Waals surface area (Å²) in [5, 5.41) is 6.18. The minimum Gasteiger partial charge on any atom is -0.355 e. The van der Waals surface area contributed by atoms with Gasteiger partial charge in [0.1, 0.15) is 0 Å². The summed E-state index contributed by atoms with van der Waals surface area (Å²) in [6, 6.07) is 10.4. The Hall–Kier alpha value is -1.06. The molecule has 0 aromatic heterocycles. The average Bonchev–Trinajstić information content (AvgIpc) is 2.25. The molecular weight excluding hydrogens is 260 g/mol. The topological polar surface area (TPSA) is 41.1 Å². The van der Waals surface area contributed by atoms with Crippen molar-refractivity contribution in [3.05, 3.63) is 35.9 Å². The fourth-order valence-electron chi connectivity index (χ4n) is 2.16. The summed E-state index contributed by atoms with van der Waals surface area (Å²) in [6.07, 6.45) is 0.983. The standard InChI is InChI=1S/C15H22N2O.ClH/c1-15(2,8-12-6-4-3-5-7-12)11-17-14(18)13-9-16-10-13;/h3-7,13,16H,8-11H2,1-2H3,(H,17,18);1H. The van der Waals surface area contributed by atoms with E-state index < -0.39 is 0 Å². The lowest BCUT2D eigenvalue weighted by Gasteiger charge is -2.29. The van der Waals surface area contributed by atoms with Gasteiger partial charge in [0.25, 0.3) is 0 Å². The molecule has 2 N–H and O–H groups in total. The van der Waals surface area contributed by atoms with Crippen LogP contribution in [0.2, 0.25) is 0 Å². The Morgan fingerprint density at radius 3 is 2.47 bits per heavy atom. The molecule has 0 saturated carbocycles. The first-order valence-corrected chi connectivity index (χ1v) is 6.59. The zero-order chi connectivity index (χ0) is 13.0. The van der Waals surface area contributed by atoms with Gasteiger partial charge in [-0.25, -0.2) is 0 Å². The number of carbonyl (C=O) groups excluding carboxylic acids is 1. The zero-order valence-corrected chi connectivity index (χ0v) is 12.4. The molecule has 0 spiro atoms. The van der Waals surface area contributed by atoms with Crippen molar-refractivity contribution in [3.8, 4) is 0 Å². The van der Waals surface area contributed by atoms with Gasteiger partial charge in [0, 0.05) is 19.6 Å². The van der Waals surface area contributed by atoms with E-state index in [0.29, 0.717) is 0 Å². The monoisotopic (exact) mass is 282 g/mol. The summed E-state index contributed by atoms with van der Waals surface area (Å²) in [5.41, 5.74) is 1.41. The maximum Gasteiger partial charge on any atom is 0.225 e. The minimum atomic E-state index is 0. The van der Waals surface area contributed by atoms with Crippen molar-refractivity contribution in [2.45, 2.75) is 20.3 Å². The highest BCUT2D eigenvalue weighted by Gasteiger charge is 2.26. The van der Waals surface area contributed by atoms with Crippen LogP contribution < -0.4 is 10.6 Å². The fraction of sp³-hybridized carbons (Fsp3) is 0.533. The predicted molar refractivity (Wildman–Crippen MR) is 80.5 cm³/mol. The Kier molecular flexibility index (Phi) is 5.83. The van der Waals surface area contributed by atoms with Crippen molar-refractivity contribution in [2.75, 3.05) is 19.6 Å². The lowest BCUT2D eigenvalue weighted by atomic mass is 9.85. The Balaban J connectivity index is 0.00000180. The van der Waals surface area contributed by atoms with E-state index in [1.807, 2.05) is 6.07 Å². The van der Waals surface area contributed by atoms with E-state index in [1.54, 1.807) is 0 Å². The summed E-state index contributed by atoms with van der Waals surface area (Å²) in [6.45, 7) is 6.77. The maximum atomic E-state index is 11.8. The SMILES string of the molecule is CC(C)(CNC(=O)C1CNC1)Cc1ccccc1.Cl. The van der Waals surface area contributed by atoms with Gasteiger partial charge in [-0.3, -0.25) is 4.79 Å². The van der Waals surface area contributed by atoms with Gasteiger partial charge in [0.2, 0.25) is 5.91 Å². The Bertz CT molecular complexity index is 402. The number of nitrogens with one attached hydrogen (secondary N) is 2. The quantitative estimate of drug-likeness (QED) is 0.867. The second kappa shape index (κ2) is 6.92. The number of rotatable bonds is 5. The van der Waals surface area contributed by atoms with Crippen LogP contribution in [-0.2, 0) is 11.2 Å². The molecule has 4 heteroatoms. The number of amides is 1. The van der Waals surface area contributed by atoms with Gasteiger partial charge in [-0.2, -0.15) is 0 Å². The van der Waals surface area contributed by atoms with Gasteiger partial charge in [-0.15, -0.1) is 12.4 Å². The lowest BCUT2D eigenvalue weighted by molar-refractivity contribution is -0.126. The van der Waals surface area contributed by atoms with Crippen LogP contribution in [0.3, 0.4) is 0 Å². The van der Waals surface area contributed by atoms with Crippen molar-refractivity contribution in [1.82, 2.24) is 10.6 Å². The van der Waals surface area contributed by atoms with Gasteiger partial charge < -0.3 is 10.6 Å². The lowest BCUT2D eigenvalue weighted by Crippen LogP contribution is -2.52. The summed E-state index contributed by atoms with van der Waals surface area (Å²) in [7, 11) is 0. The van der Waals surface area contributed by atoms with Crippen molar-refractivity contribution in [1.29, 1.82) is 0 Å². The molecule has 1 aliphatic rings. The van der Waals surface area contributed by atoms with E-state index in [2.05, 4.69) is 48.7 Å². The van der Waals surface area contributed by atoms with Crippen LogP contribution in [-0.4, -0.2) is 25.5 Å². The molecule has 2 rings (SSSR count). The molecule has 0 unspecified atom stereocenters. The number of hydrogen-bond acceptors (Lipinski definition) is 2. The van der Waals surface area contributed by atoms with Gasteiger partial charge in [0.05, 0.1) is 5.92 Å². The third-order valence-electron chi connectivity index (χ3n) is 3.42. The van der Waals surface area contributed by atoms with Crippen molar-refractivity contribution in [3.63, 3.8) is 0 Å². The Labute approximate surface area is 121 Å². The normalized spacial score (nSPS) is 15.3. The van der Waals surface area contributed by atoms with Gasteiger partial charge in [0.15, 0.2) is 0 Å². The van der Waals surface area contributed by atoms with Crippen LogP contribution in [0.4, 0.5) is 0 Å². The van der Waals surface area contributed by atoms with E-state index in [9.17, 15) is 4.79 Å². The van der Waals surface area contributed by atoms with Crippen molar-refractivity contribution >= 4 is 18.3 Å². The molecule has 106 valence electrons. The van der Waals surface area contributed by atoms with Crippen LogP contribution in [0.5, 0.6) is 0 Å². The van der Waals surface area contributed by atoms with E-state index >= 15 is 0 Å². The molecule has 1 aliphatic heterocycles. The summed E-state index contributed by atoms with van der Waals surface area (Å²) in [5.74, 6) is 0.368. The third-order valence-corrected chi connectivity index (χ3v) is 3.42. The number of halogens is 1. The molecule has 0 bridgehead atoms. The highest BCUT2D eigenvalue weighted by Crippen LogP contribution is 2.21. The highest BCUT2D eigenvalue weighted by atomic mass is 35.5. The largest absolute Gasteiger partial charge is 0.355 e. The molecule has 1 fully saturated rings. The minimum absolute atomic E-state index is 0. The molecule has 0 radical (unpaired) electrons. The van der Waals surface area contributed by atoms with Gasteiger partial charge in [-0.05, 0) is 17.4 Å². The molecule has 1 saturated heterocycles. The second-order valence-corrected chi connectivity index (χ2v) is 5.90. The first kappa shape index (κ1) is 16.0. The molecule has 0 atom stereocenters. The Morgan fingerprint density at radius 1 is 1.32 bits per heavy atom. The number of hydrogen-bond donors (Lipinski definition) is 2. The highest BCUT2D eigenvalue weighted by molar-refractivity contribution is 5.85. The number of benzene rings is 1. The maximum absolute atomic E-state index is 11.8. The van der Waals surface area contributed by atoms with Crippen molar-refractivity contribution < 1.29 is 4.79 Å². The van der Waals surface area contributed by atoms with E-state index in [0.717, 1.165) is 26.1 Å². The van der Waals surface area contributed by atoms with E-state index in [1.165, 1.54) is 5.56 Å². The van der Waals surface area contributed by atoms with E-state index in [4.69, 9.17) is 0 Å². The first-order valence-electron chi connectivity index (χ1n) is 6.59. The molecule has 1 aromatic rings. The molecule has 1 aromatic carbocycles. The second-order valence-electron chi connectivity index (χ2n) is 5.90.